The average Bonchev–Trinajstić information content (AvgIpc) is 3.14. The number of carbonyl (C=O) groups is 1. The Kier molecular flexibility index (Phi) is 3.53. The highest BCUT2D eigenvalue weighted by Crippen LogP contribution is 2.33. The van der Waals surface area contributed by atoms with E-state index in [1.54, 1.807) is 13.4 Å². The summed E-state index contributed by atoms with van der Waals surface area (Å²) in [6.07, 6.45) is 2.91. The van der Waals surface area contributed by atoms with Gasteiger partial charge in [0.2, 0.25) is 5.91 Å². The van der Waals surface area contributed by atoms with Crippen molar-refractivity contribution in [1.82, 2.24) is 0 Å². The predicted molar refractivity (Wildman–Crippen MR) is 93.6 cm³/mol. The Morgan fingerprint density at radius 3 is 2.96 bits per heavy atom. The lowest BCUT2D eigenvalue weighted by Crippen LogP contribution is -2.36. The third kappa shape index (κ3) is 2.35. The molecule has 4 rings (SSSR count). The highest BCUT2D eigenvalue weighted by Gasteiger charge is 2.30. The second-order valence-electron chi connectivity index (χ2n) is 6.25. The topological polar surface area (TPSA) is 42.7 Å². The van der Waals surface area contributed by atoms with Gasteiger partial charge in [-0.1, -0.05) is 18.2 Å². The Bertz CT molecular complexity index is 912. The van der Waals surface area contributed by atoms with Crippen LogP contribution in [0.25, 0.3) is 11.0 Å². The summed E-state index contributed by atoms with van der Waals surface area (Å²) in [5.74, 6) is 0.850. The molecule has 3 aromatic rings. The first-order valence-electron chi connectivity index (χ1n) is 8.11. The van der Waals surface area contributed by atoms with Crippen molar-refractivity contribution in [1.29, 1.82) is 0 Å². The summed E-state index contributed by atoms with van der Waals surface area (Å²) in [6.45, 7) is 2.09. The molecule has 0 bridgehead atoms. The van der Waals surface area contributed by atoms with E-state index in [1.807, 2.05) is 41.3 Å². The summed E-state index contributed by atoms with van der Waals surface area (Å²) in [7, 11) is 1.63. The summed E-state index contributed by atoms with van der Waals surface area (Å²) in [5.41, 5.74) is 3.92. The van der Waals surface area contributed by atoms with Gasteiger partial charge in [0.1, 0.15) is 11.3 Å². The highest BCUT2D eigenvalue weighted by molar-refractivity contribution is 5.99. The first-order valence-corrected chi connectivity index (χ1v) is 8.11. The number of amides is 1. The molecular weight excluding hydrogens is 302 g/mol. The molecule has 0 saturated carbocycles. The number of nitrogens with zero attached hydrogens (tertiary/aromatic N) is 1. The lowest BCUT2D eigenvalue weighted by atomic mass is 10.1. The summed E-state index contributed by atoms with van der Waals surface area (Å²) in [4.78, 5) is 14.8. The van der Waals surface area contributed by atoms with Gasteiger partial charge in [0.15, 0.2) is 0 Å². The molecule has 0 fully saturated rings. The maximum atomic E-state index is 12.9. The number of fused-ring (bicyclic) bond motifs is 2. The smallest absolute Gasteiger partial charge is 0.231 e. The standard InChI is InChI=1S/C20H19NO3/c1-13-9-14-5-3-4-6-18(14)21(13)20(22)10-15-12-24-19-11-16(23-2)7-8-17(15)19/h3-8,11-13H,9-10H2,1-2H3. The Balaban J connectivity index is 1.63. The Labute approximate surface area is 140 Å². The van der Waals surface area contributed by atoms with Crippen molar-refractivity contribution in [2.45, 2.75) is 25.8 Å². The van der Waals surface area contributed by atoms with E-state index < -0.39 is 0 Å². The molecule has 1 amide bonds. The number of methoxy groups -OCH3 is 1. The number of rotatable bonds is 3. The van der Waals surface area contributed by atoms with Gasteiger partial charge in [0.05, 0.1) is 19.8 Å². The van der Waals surface area contributed by atoms with Crippen LogP contribution in [0.15, 0.2) is 53.1 Å². The van der Waals surface area contributed by atoms with Crippen molar-refractivity contribution in [2.75, 3.05) is 12.0 Å². The number of para-hydroxylation sites is 1. The van der Waals surface area contributed by atoms with E-state index in [0.29, 0.717) is 6.42 Å². The monoisotopic (exact) mass is 321 g/mol. The summed E-state index contributed by atoms with van der Waals surface area (Å²) in [6, 6.07) is 14.0. The van der Waals surface area contributed by atoms with Gasteiger partial charge in [-0.25, -0.2) is 0 Å². The van der Waals surface area contributed by atoms with E-state index in [9.17, 15) is 4.79 Å². The Morgan fingerprint density at radius 1 is 1.29 bits per heavy atom. The maximum absolute atomic E-state index is 12.9. The molecule has 2 heterocycles. The lowest BCUT2D eigenvalue weighted by molar-refractivity contribution is -0.118. The zero-order chi connectivity index (χ0) is 16.7. The fraction of sp³-hybridized carbons (Fsp3) is 0.250. The molecule has 0 N–H and O–H groups in total. The van der Waals surface area contributed by atoms with E-state index in [0.717, 1.165) is 34.4 Å². The summed E-state index contributed by atoms with van der Waals surface area (Å²) < 4.78 is 10.8. The van der Waals surface area contributed by atoms with Gasteiger partial charge in [0, 0.05) is 28.7 Å². The molecule has 0 aliphatic carbocycles. The van der Waals surface area contributed by atoms with Crippen molar-refractivity contribution in [2.24, 2.45) is 0 Å². The number of hydrogen-bond acceptors (Lipinski definition) is 3. The van der Waals surface area contributed by atoms with E-state index >= 15 is 0 Å². The number of benzene rings is 2. The maximum Gasteiger partial charge on any atom is 0.231 e. The molecule has 0 spiro atoms. The van der Waals surface area contributed by atoms with Gasteiger partial charge in [-0.3, -0.25) is 4.79 Å². The molecule has 1 atom stereocenters. The fourth-order valence-electron chi connectivity index (χ4n) is 3.52. The first kappa shape index (κ1) is 14.8. The molecule has 1 aliphatic rings. The highest BCUT2D eigenvalue weighted by atomic mass is 16.5. The second kappa shape index (κ2) is 5.71. The van der Waals surface area contributed by atoms with E-state index in [-0.39, 0.29) is 11.9 Å². The number of anilines is 1. The van der Waals surface area contributed by atoms with Gasteiger partial charge >= 0.3 is 0 Å². The molecule has 122 valence electrons. The third-order valence-electron chi connectivity index (χ3n) is 4.68. The van der Waals surface area contributed by atoms with E-state index in [2.05, 4.69) is 13.0 Å². The number of ether oxygens (including phenoxy) is 1. The van der Waals surface area contributed by atoms with Crippen LogP contribution in [0.4, 0.5) is 5.69 Å². The average molecular weight is 321 g/mol. The van der Waals surface area contributed by atoms with Crippen LogP contribution in [0.2, 0.25) is 0 Å². The van der Waals surface area contributed by atoms with E-state index in [4.69, 9.17) is 9.15 Å². The van der Waals surface area contributed by atoms with Gasteiger partial charge in [-0.15, -0.1) is 0 Å². The van der Waals surface area contributed by atoms with Crippen molar-refractivity contribution in [3.8, 4) is 5.75 Å². The summed E-state index contributed by atoms with van der Waals surface area (Å²) in [5, 5.41) is 0.962. The van der Waals surface area contributed by atoms with Crippen LogP contribution in [0.3, 0.4) is 0 Å². The minimum Gasteiger partial charge on any atom is -0.497 e. The molecule has 1 unspecified atom stereocenters. The summed E-state index contributed by atoms with van der Waals surface area (Å²) >= 11 is 0. The van der Waals surface area contributed by atoms with Crippen LogP contribution >= 0.6 is 0 Å². The molecule has 1 aromatic heterocycles. The van der Waals surface area contributed by atoms with E-state index in [1.165, 1.54) is 5.56 Å². The molecule has 4 nitrogen and oxygen atoms in total. The predicted octanol–water partition coefficient (Wildman–Crippen LogP) is 3.96. The van der Waals surface area contributed by atoms with Gasteiger partial charge in [-0.2, -0.15) is 0 Å². The molecule has 4 heteroatoms. The zero-order valence-electron chi connectivity index (χ0n) is 13.8. The Morgan fingerprint density at radius 2 is 2.12 bits per heavy atom. The SMILES string of the molecule is COc1ccc2c(CC(=O)N3c4ccccc4CC3C)coc2c1. The minimum absolute atomic E-state index is 0.103. The van der Waals surface area contributed by atoms with Crippen LogP contribution in [0.1, 0.15) is 18.1 Å². The molecular formula is C20H19NO3. The number of furan rings is 1. The number of hydrogen-bond donors (Lipinski definition) is 0. The molecule has 24 heavy (non-hydrogen) atoms. The van der Waals surface area contributed by atoms with Gasteiger partial charge < -0.3 is 14.1 Å². The van der Waals surface area contributed by atoms with Crippen LogP contribution in [-0.4, -0.2) is 19.1 Å². The van der Waals surface area contributed by atoms with Crippen LogP contribution in [0.5, 0.6) is 5.75 Å². The Hall–Kier alpha value is -2.75. The second-order valence-corrected chi connectivity index (χ2v) is 6.25. The van der Waals surface area contributed by atoms with Crippen molar-refractivity contribution >= 4 is 22.6 Å². The molecule has 0 saturated heterocycles. The lowest BCUT2D eigenvalue weighted by Gasteiger charge is -2.22. The first-order chi connectivity index (χ1) is 11.7. The third-order valence-corrected chi connectivity index (χ3v) is 4.68. The molecule has 1 aliphatic heterocycles. The van der Waals surface area contributed by atoms with Crippen LogP contribution in [0, 0.1) is 0 Å². The van der Waals surface area contributed by atoms with Crippen molar-refractivity contribution < 1.29 is 13.9 Å². The normalized spacial score (nSPS) is 16.4. The molecule has 0 radical (unpaired) electrons. The quantitative estimate of drug-likeness (QED) is 0.733. The van der Waals surface area contributed by atoms with Gasteiger partial charge in [-0.05, 0) is 37.1 Å². The molecule has 2 aromatic carbocycles. The zero-order valence-corrected chi connectivity index (χ0v) is 13.8. The van der Waals surface area contributed by atoms with Crippen molar-refractivity contribution in [3.05, 3.63) is 59.9 Å². The van der Waals surface area contributed by atoms with Crippen molar-refractivity contribution in [3.63, 3.8) is 0 Å². The van der Waals surface area contributed by atoms with Gasteiger partial charge in [0.25, 0.3) is 0 Å². The minimum atomic E-state index is 0.103. The van der Waals surface area contributed by atoms with Crippen LogP contribution in [-0.2, 0) is 17.6 Å². The largest absolute Gasteiger partial charge is 0.497 e. The van der Waals surface area contributed by atoms with Crippen LogP contribution < -0.4 is 9.64 Å². The fourth-order valence-corrected chi connectivity index (χ4v) is 3.52. The number of carbonyl (C=O) groups excluding carboxylic acids is 1.